The van der Waals surface area contributed by atoms with Crippen LogP contribution in [0.4, 0.5) is 5.69 Å². The molecule has 0 aliphatic heterocycles. The quantitative estimate of drug-likeness (QED) is 0.344. The number of carbonyl (C=O) groups is 2. The van der Waals surface area contributed by atoms with Gasteiger partial charge in [0.25, 0.3) is 0 Å². The minimum absolute atomic E-state index is 0.151. The molecule has 0 fully saturated rings. The lowest BCUT2D eigenvalue weighted by molar-refractivity contribution is -0.143. The summed E-state index contributed by atoms with van der Waals surface area (Å²) in [5.41, 5.74) is 6.42. The Bertz CT molecular complexity index is 588. The summed E-state index contributed by atoms with van der Waals surface area (Å²) in [7, 11) is 1.51. The molecule has 0 atom stereocenters. The van der Waals surface area contributed by atoms with Gasteiger partial charge in [0.1, 0.15) is 0 Å². The number of methoxy groups -OCH3 is 1. The Morgan fingerprint density at radius 3 is 2.31 bits per heavy atom. The molecule has 146 valence electrons. The number of rotatable bonds is 12. The van der Waals surface area contributed by atoms with Crippen LogP contribution in [0.25, 0.3) is 0 Å². The van der Waals surface area contributed by atoms with Crippen LogP contribution in [0.3, 0.4) is 0 Å². The van der Waals surface area contributed by atoms with Crippen molar-refractivity contribution in [2.24, 2.45) is 0 Å². The molecule has 7 nitrogen and oxygen atoms in total. The van der Waals surface area contributed by atoms with E-state index in [0.29, 0.717) is 31.1 Å². The average molecular weight is 367 g/mol. The van der Waals surface area contributed by atoms with E-state index in [4.69, 9.17) is 24.7 Å². The van der Waals surface area contributed by atoms with Crippen LogP contribution in [0, 0.1) is 0 Å². The van der Waals surface area contributed by atoms with Gasteiger partial charge in [-0.25, -0.2) is 4.79 Å². The second-order valence-electron chi connectivity index (χ2n) is 5.63. The molecule has 0 amide bonds. The van der Waals surface area contributed by atoms with Gasteiger partial charge in [-0.1, -0.05) is 12.8 Å². The summed E-state index contributed by atoms with van der Waals surface area (Å²) in [5.74, 6) is 0.285. The highest BCUT2D eigenvalue weighted by atomic mass is 16.5. The minimum atomic E-state index is -0.489. The third-order valence-electron chi connectivity index (χ3n) is 3.67. The molecule has 0 aliphatic carbocycles. The lowest BCUT2D eigenvalue weighted by Gasteiger charge is -2.14. The number of benzene rings is 1. The van der Waals surface area contributed by atoms with Crippen molar-refractivity contribution < 1.29 is 28.5 Å². The van der Waals surface area contributed by atoms with Crippen LogP contribution >= 0.6 is 0 Å². The zero-order valence-electron chi connectivity index (χ0n) is 15.8. The number of unbranched alkanes of at least 4 members (excludes halogenated alkanes) is 3. The summed E-state index contributed by atoms with van der Waals surface area (Å²) in [5, 5.41) is 0. The molecule has 0 unspecified atom stereocenters. The highest BCUT2D eigenvalue weighted by Gasteiger charge is 2.16. The predicted octanol–water partition coefficient (Wildman–Crippen LogP) is 3.35. The Morgan fingerprint density at radius 1 is 0.962 bits per heavy atom. The maximum atomic E-state index is 11.9. The number of hydrogen-bond acceptors (Lipinski definition) is 7. The van der Waals surface area contributed by atoms with E-state index in [0.717, 1.165) is 25.7 Å². The molecule has 0 heterocycles. The van der Waals surface area contributed by atoms with Crippen molar-refractivity contribution in [1.29, 1.82) is 0 Å². The van der Waals surface area contributed by atoms with Gasteiger partial charge in [0, 0.05) is 18.6 Å². The van der Waals surface area contributed by atoms with Crippen LogP contribution in [0.1, 0.15) is 56.3 Å². The van der Waals surface area contributed by atoms with Gasteiger partial charge in [-0.15, -0.1) is 0 Å². The average Bonchev–Trinajstić information content (AvgIpc) is 2.61. The van der Waals surface area contributed by atoms with Crippen molar-refractivity contribution >= 4 is 17.6 Å². The minimum Gasteiger partial charge on any atom is -0.493 e. The zero-order valence-corrected chi connectivity index (χ0v) is 15.8. The van der Waals surface area contributed by atoms with Crippen LogP contribution in [-0.2, 0) is 14.3 Å². The number of anilines is 1. The maximum absolute atomic E-state index is 11.9. The van der Waals surface area contributed by atoms with E-state index in [1.165, 1.54) is 7.11 Å². The highest BCUT2D eigenvalue weighted by molar-refractivity contribution is 5.96. The van der Waals surface area contributed by atoms with Crippen molar-refractivity contribution in [3.05, 3.63) is 17.7 Å². The van der Waals surface area contributed by atoms with Gasteiger partial charge < -0.3 is 24.7 Å². The standard InChI is InChI=1S/C19H29NO6/c1-4-24-18(21)10-8-6-7-9-11-26-17-12-14(19(22)25-5-2)15(20)13-16(17)23-3/h12-13H,4-11,20H2,1-3H3. The Hall–Kier alpha value is -2.44. The van der Waals surface area contributed by atoms with E-state index in [9.17, 15) is 9.59 Å². The van der Waals surface area contributed by atoms with E-state index in [1.807, 2.05) is 0 Å². The number of hydrogen-bond donors (Lipinski definition) is 1. The second kappa shape index (κ2) is 12.0. The first kappa shape index (κ1) is 21.6. The van der Waals surface area contributed by atoms with Crippen molar-refractivity contribution in [3.8, 4) is 11.5 Å². The van der Waals surface area contributed by atoms with Crippen molar-refractivity contribution in [2.45, 2.75) is 46.0 Å². The normalized spacial score (nSPS) is 10.3. The first-order valence-electron chi connectivity index (χ1n) is 8.96. The lowest BCUT2D eigenvalue weighted by Crippen LogP contribution is -2.09. The van der Waals surface area contributed by atoms with Crippen molar-refractivity contribution in [3.63, 3.8) is 0 Å². The Labute approximate surface area is 154 Å². The second-order valence-corrected chi connectivity index (χ2v) is 5.63. The van der Waals surface area contributed by atoms with Crippen molar-refractivity contribution in [2.75, 3.05) is 32.7 Å². The molecular formula is C19H29NO6. The molecular weight excluding hydrogens is 338 g/mol. The monoisotopic (exact) mass is 367 g/mol. The number of nitrogen functional groups attached to an aromatic ring is 1. The first-order chi connectivity index (χ1) is 12.5. The fourth-order valence-corrected chi connectivity index (χ4v) is 2.37. The Kier molecular flexibility index (Phi) is 9.97. The zero-order chi connectivity index (χ0) is 19.4. The summed E-state index contributed by atoms with van der Waals surface area (Å²) >= 11 is 0. The molecule has 7 heteroatoms. The Morgan fingerprint density at radius 2 is 1.65 bits per heavy atom. The van der Waals surface area contributed by atoms with Crippen molar-refractivity contribution in [1.82, 2.24) is 0 Å². The van der Waals surface area contributed by atoms with Crippen LogP contribution in [-0.4, -0.2) is 38.9 Å². The van der Waals surface area contributed by atoms with Gasteiger partial charge in [-0.3, -0.25) is 4.79 Å². The number of carbonyl (C=O) groups excluding carboxylic acids is 2. The van der Waals surface area contributed by atoms with E-state index in [1.54, 1.807) is 26.0 Å². The van der Waals surface area contributed by atoms with Gasteiger partial charge in [-0.05, 0) is 26.7 Å². The number of ether oxygens (including phenoxy) is 4. The Balaban J connectivity index is 2.47. The molecule has 0 bridgehead atoms. The van der Waals surface area contributed by atoms with Gasteiger partial charge in [0.15, 0.2) is 11.5 Å². The molecule has 0 aliphatic rings. The van der Waals surface area contributed by atoms with Crippen LogP contribution < -0.4 is 15.2 Å². The molecule has 0 aromatic heterocycles. The molecule has 1 aromatic carbocycles. The SMILES string of the molecule is CCOC(=O)CCCCCCOc1cc(C(=O)OCC)c(N)cc1OC. The summed E-state index contributed by atoms with van der Waals surface area (Å²) in [4.78, 5) is 23.2. The third kappa shape index (κ3) is 7.21. The summed E-state index contributed by atoms with van der Waals surface area (Å²) in [6.45, 7) is 4.70. The summed E-state index contributed by atoms with van der Waals surface area (Å²) in [6.07, 6.45) is 3.93. The van der Waals surface area contributed by atoms with Crippen LogP contribution in [0.2, 0.25) is 0 Å². The number of nitrogens with two attached hydrogens (primary N) is 1. The fraction of sp³-hybridized carbons (Fsp3) is 0.579. The highest BCUT2D eigenvalue weighted by Crippen LogP contribution is 2.32. The van der Waals surface area contributed by atoms with Gasteiger partial charge in [-0.2, -0.15) is 0 Å². The van der Waals surface area contributed by atoms with E-state index in [2.05, 4.69) is 0 Å². The summed E-state index contributed by atoms with van der Waals surface area (Å²) < 4.78 is 20.9. The molecule has 0 spiro atoms. The molecule has 1 rings (SSSR count). The molecule has 1 aromatic rings. The van der Waals surface area contributed by atoms with Gasteiger partial charge in [0.2, 0.25) is 0 Å². The van der Waals surface area contributed by atoms with Crippen LogP contribution in [0.15, 0.2) is 12.1 Å². The lowest BCUT2D eigenvalue weighted by atomic mass is 10.1. The predicted molar refractivity (Wildman–Crippen MR) is 98.6 cm³/mol. The number of esters is 2. The van der Waals surface area contributed by atoms with E-state index in [-0.39, 0.29) is 23.8 Å². The fourth-order valence-electron chi connectivity index (χ4n) is 2.37. The molecule has 0 saturated heterocycles. The maximum Gasteiger partial charge on any atom is 0.340 e. The summed E-state index contributed by atoms with van der Waals surface area (Å²) in [6, 6.07) is 3.11. The smallest absolute Gasteiger partial charge is 0.340 e. The first-order valence-corrected chi connectivity index (χ1v) is 8.96. The van der Waals surface area contributed by atoms with Gasteiger partial charge in [0.05, 0.1) is 38.2 Å². The van der Waals surface area contributed by atoms with E-state index < -0.39 is 5.97 Å². The topological polar surface area (TPSA) is 97.1 Å². The molecule has 0 saturated carbocycles. The molecule has 2 N–H and O–H groups in total. The molecule has 26 heavy (non-hydrogen) atoms. The molecule has 0 radical (unpaired) electrons. The third-order valence-corrected chi connectivity index (χ3v) is 3.67. The van der Waals surface area contributed by atoms with Gasteiger partial charge >= 0.3 is 11.9 Å². The van der Waals surface area contributed by atoms with Crippen LogP contribution in [0.5, 0.6) is 11.5 Å². The largest absolute Gasteiger partial charge is 0.493 e. The van der Waals surface area contributed by atoms with E-state index >= 15 is 0 Å².